The normalized spacial score (nSPS) is 19.8. The number of benzene rings is 2. The summed E-state index contributed by atoms with van der Waals surface area (Å²) < 4.78 is 0. The number of amides is 1. The van der Waals surface area contributed by atoms with E-state index in [0.29, 0.717) is 29.1 Å². The van der Waals surface area contributed by atoms with E-state index >= 15 is 0 Å². The Balaban J connectivity index is 1.45. The number of hydrogen-bond donors (Lipinski definition) is 2. The third-order valence-electron chi connectivity index (χ3n) is 6.25. The van der Waals surface area contributed by atoms with Gasteiger partial charge in [-0.25, -0.2) is 14.8 Å². The van der Waals surface area contributed by atoms with E-state index in [0.717, 1.165) is 41.6 Å². The van der Waals surface area contributed by atoms with Crippen LogP contribution >= 0.6 is 23.2 Å². The van der Waals surface area contributed by atoms with E-state index < -0.39 is 6.09 Å². The van der Waals surface area contributed by atoms with Crippen LogP contribution in [0, 0.1) is 0 Å². The number of nitrogens with zero attached hydrogens (tertiary/aromatic N) is 3. The average molecular weight is 469 g/mol. The van der Waals surface area contributed by atoms with Crippen LogP contribution in [0.3, 0.4) is 0 Å². The third-order valence-corrected chi connectivity index (χ3v) is 6.99. The van der Waals surface area contributed by atoms with E-state index in [-0.39, 0.29) is 12.0 Å². The summed E-state index contributed by atoms with van der Waals surface area (Å²) in [7, 11) is 0. The van der Waals surface area contributed by atoms with Gasteiger partial charge in [0.25, 0.3) is 0 Å². The first-order valence-electron chi connectivity index (χ1n) is 10.6. The van der Waals surface area contributed by atoms with Gasteiger partial charge in [0.2, 0.25) is 5.95 Å². The lowest BCUT2D eigenvalue weighted by Crippen LogP contribution is -2.44. The van der Waals surface area contributed by atoms with Crippen LogP contribution in [-0.4, -0.2) is 45.2 Å². The molecule has 2 aliphatic rings. The standard InChI is InChI=1S/C24H22Cl2N4O2/c25-20-8-7-14(11-21(20)26)19-10-15-12-27-23(28-16-4-3-9-30(13-16)24(31)32)29-22(15)18-6-2-1-5-17(18)19/h1-2,5-8,11-12,16,19H,3-4,9-10,13H2,(H,31,32)(H,27,28,29)/t16-,19+/m1/s1. The van der Waals surface area contributed by atoms with Crippen molar-refractivity contribution in [2.45, 2.75) is 31.2 Å². The number of fused-ring (bicyclic) bond motifs is 3. The Hall–Kier alpha value is -2.83. The number of rotatable bonds is 3. The Morgan fingerprint density at radius 1 is 1.16 bits per heavy atom. The Kier molecular flexibility index (Phi) is 5.66. The van der Waals surface area contributed by atoms with Gasteiger partial charge in [-0.2, -0.15) is 0 Å². The molecule has 2 heterocycles. The number of nitrogens with one attached hydrogen (secondary N) is 1. The molecular weight excluding hydrogens is 447 g/mol. The van der Waals surface area contributed by atoms with Gasteiger partial charge in [0.15, 0.2) is 0 Å². The summed E-state index contributed by atoms with van der Waals surface area (Å²) in [6.07, 6.45) is 3.47. The van der Waals surface area contributed by atoms with Crippen LogP contribution in [0.15, 0.2) is 48.7 Å². The Labute approximate surface area is 196 Å². The topological polar surface area (TPSA) is 78.4 Å². The molecule has 1 fully saturated rings. The molecule has 2 atom stereocenters. The van der Waals surface area contributed by atoms with Crippen LogP contribution in [0.2, 0.25) is 10.0 Å². The fraction of sp³-hybridized carbons (Fsp3) is 0.292. The van der Waals surface area contributed by atoms with Gasteiger partial charge in [-0.05, 0) is 48.1 Å². The summed E-state index contributed by atoms with van der Waals surface area (Å²) in [4.78, 5) is 22.2. The maximum absolute atomic E-state index is 11.3. The van der Waals surface area contributed by atoms with E-state index in [2.05, 4.69) is 22.4 Å². The molecule has 0 radical (unpaired) electrons. The lowest BCUT2D eigenvalue weighted by molar-refractivity contribution is 0.132. The first-order chi connectivity index (χ1) is 15.5. The smallest absolute Gasteiger partial charge is 0.407 e. The van der Waals surface area contributed by atoms with E-state index in [1.807, 2.05) is 36.5 Å². The second-order valence-electron chi connectivity index (χ2n) is 8.30. The summed E-state index contributed by atoms with van der Waals surface area (Å²) in [6.45, 7) is 1.01. The molecule has 1 aromatic heterocycles. The zero-order chi connectivity index (χ0) is 22.2. The number of carbonyl (C=O) groups is 1. The van der Waals surface area contributed by atoms with E-state index in [4.69, 9.17) is 28.2 Å². The van der Waals surface area contributed by atoms with Gasteiger partial charge in [-0.3, -0.25) is 0 Å². The van der Waals surface area contributed by atoms with Crippen LogP contribution in [0.25, 0.3) is 11.3 Å². The van der Waals surface area contributed by atoms with Crippen molar-refractivity contribution < 1.29 is 9.90 Å². The Morgan fingerprint density at radius 3 is 2.81 bits per heavy atom. The van der Waals surface area contributed by atoms with Gasteiger partial charge in [0.1, 0.15) is 0 Å². The van der Waals surface area contributed by atoms with Gasteiger partial charge < -0.3 is 15.3 Å². The van der Waals surface area contributed by atoms with Crippen LogP contribution < -0.4 is 5.32 Å². The summed E-state index contributed by atoms with van der Waals surface area (Å²) in [5, 5.41) is 13.7. The SMILES string of the molecule is O=C(O)N1CCC[C@@H](Nc2ncc3c(n2)-c2ccccc2[C@H](c2ccc(Cl)c(Cl)c2)C3)C1. The zero-order valence-corrected chi connectivity index (χ0v) is 18.8. The zero-order valence-electron chi connectivity index (χ0n) is 17.3. The maximum Gasteiger partial charge on any atom is 0.407 e. The molecule has 0 bridgehead atoms. The maximum atomic E-state index is 11.3. The highest BCUT2D eigenvalue weighted by Crippen LogP contribution is 2.42. The second kappa shape index (κ2) is 8.60. The minimum absolute atomic E-state index is 0.000641. The highest BCUT2D eigenvalue weighted by molar-refractivity contribution is 6.42. The molecule has 8 heteroatoms. The first-order valence-corrected chi connectivity index (χ1v) is 11.4. The second-order valence-corrected chi connectivity index (χ2v) is 9.11. The molecule has 1 aliphatic heterocycles. The van der Waals surface area contributed by atoms with Crippen molar-refractivity contribution in [3.05, 3.63) is 75.4 Å². The summed E-state index contributed by atoms with van der Waals surface area (Å²) in [6, 6.07) is 14.1. The number of likely N-dealkylation sites (tertiary alicyclic amines) is 1. The molecule has 3 aromatic rings. The lowest BCUT2D eigenvalue weighted by atomic mass is 9.78. The monoisotopic (exact) mass is 468 g/mol. The fourth-order valence-electron chi connectivity index (χ4n) is 4.68. The summed E-state index contributed by atoms with van der Waals surface area (Å²) in [5.74, 6) is 0.669. The van der Waals surface area contributed by atoms with Gasteiger partial charge in [-0.1, -0.05) is 53.5 Å². The molecule has 0 unspecified atom stereocenters. The third kappa shape index (κ3) is 4.00. The summed E-state index contributed by atoms with van der Waals surface area (Å²) in [5.41, 5.74) is 5.36. The van der Waals surface area contributed by atoms with Crippen molar-refractivity contribution in [1.82, 2.24) is 14.9 Å². The van der Waals surface area contributed by atoms with Crippen LogP contribution in [0.4, 0.5) is 10.7 Å². The highest BCUT2D eigenvalue weighted by atomic mass is 35.5. The molecule has 1 aliphatic carbocycles. The van der Waals surface area contributed by atoms with E-state index in [1.165, 1.54) is 10.5 Å². The van der Waals surface area contributed by atoms with E-state index in [9.17, 15) is 9.90 Å². The van der Waals surface area contributed by atoms with Crippen molar-refractivity contribution in [1.29, 1.82) is 0 Å². The molecule has 6 nitrogen and oxygen atoms in total. The predicted molar refractivity (Wildman–Crippen MR) is 126 cm³/mol. The van der Waals surface area contributed by atoms with Gasteiger partial charge in [0, 0.05) is 36.8 Å². The van der Waals surface area contributed by atoms with Crippen molar-refractivity contribution in [2.75, 3.05) is 18.4 Å². The fourth-order valence-corrected chi connectivity index (χ4v) is 4.99. The molecule has 0 saturated carbocycles. The molecule has 1 amide bonds. The van der Waals surface area contributed by atoms with E-state index in [1.54, 1.807) is 0 Å². The Morgan fingerprint density at radius 2 is 2.00 bits per heavy atom. The minimum Gasteiger partial charge on any atom is -0.465 e. The van der Waals surface area contributed by atoms with Gasteiger partial charge in [-0.15, -0.1) is 0 Å². The van der Waals surface area contributed by atoms with Gasteiger partial charge >= 0.3 is 6.09 Å². The van der Waals surface area contributed by atoms with Crippen molar-refractivity contribution in [2.24, 2.45) is 0 Å². The number of carboxylic acid groups (broad SMARTS) is 1. The molecule has 164 valence electrons. The lowest BCUT2D eigenvalue weighted by Gasteiger charge is -2.31. The van der Waals surface area contributed by atoms with Gasteiger partial charge in [0.05, 0.1) is 15.7 Å². The molecular formula is C24H22Cl2N4O2. The number of piperidine rings is 1. The number of hydrogen-bond acceptors (Lipinski definition) is 4. The molecule has 2 aromatic carbocycles. The highest BCUT2D eigenvalue weighted by Gasteiger charge is 2.29. The molecule has 1 saturated heterocycles. The average Bonchev–Trinajstić information content (AvgIpc) is 2.80. The minimum atomic E-state index is -0.884. The van der Waals surface area contributed by atoms with Crippen LogP contribution in [-0.2, 0) is 6.42 Å². The van der Waals surface area contributed by atoms with Crippen LogP contribution in [0.5, 0.6) is 0 Å². The predicted octanol–water partition coefficient (Wildman–Crippen LogP) is 5.69. The van der Waals surface area contributed by atoms with Crippen LogP contribution in [0.1, 0.15) is 35.4 Å². The summed E-state index contributed by atoms with van der Waals surface area (Å²) >= 11 is 12.4. The number of aromatic nitrogens is 2. The van der Waals surface area contributed by atoms with Crippen molar-refractivity contribution in [3.63, 3.8) is 0 Å². The Bertz CT molecular complexity index is 1190. The molecule has 32 heavy (non-hydrogen) atoms. The number of anilines is 1. The molecule has 0 spiro atoms. The molecule has 2 N–H and O–H groups in total. The largest absolute Gasteiger partial charge is 0.465 e. The quantitative estimate of drug-likeness (QED) is 0.515. The van der Waals surface area contributed by atoms with Crippen molar-refractivity contribution >= 4 is 35.2 Å². The molecule has 5 rings (SSSR count). The van der Waals surface area contributed by atoms with Crippen molar-refractivity contribution in [3.8, 4) is 11.3 Å². The first kappa shape index (κ1) is 21.0. The number of halogens is 2.